The number of rotatable bonds is 3. The third kappa shape index (κ3) is 2.17. The van der Waals surface area contributed by atoms with Crippen molar-refractivity contribution in [3.8, 4) is 0 Å². The summed E-state index contributed by atoms with van der Waals surface area (Å²) in [4.78, 5) is 14.7. The predicted molar refractivity (Wildman–Crippen MR) is 59.1 cm³/mol. The highest BCUT2D eigenvalue weighted by molar-refractivity contribution is 5.79. The summed E-state index contributed by atoms with van der Waals surface area (Å²) in [7, 11) is 0. The molecule has 4 nitrogen and oxygen atoms in total. The molecule has 0 amide bonds. The molecule has 0 aliphatic heterocycles. The minimum absolute atomic E-state index is 0.0991. The van der Waals surface area contributed by atoms with E-state index < -0.39 is 12.1 Å². The van der Waals surface area contributed by atoms with Crippen molar-refractivity contribution in [3.63, 3.8) is 0 Å². The second kappa shape index (κ2) is 4.28. The van der Waals surface area contributed by atoms with Crippen LogP contribution in [0.25, 0.3) is 10.9 Å². The van der Waals surface area contributed by atoms with Crippen molar-refractivity contribution >= 4 is 16.9 Å². The first-order valence-electron chi connectivity index (χ1n) is 4.91. The molecule has 0 saturated carbocycles. The number of pyridine rings is 1. The van der Waals surface area contributed by atoms with E-state index in [1.54, 1.807) is 18.3 Å². The van der Waals surface area contributed by atoms with Gasteiger partial charge in [-0.15, -0.1) is 0 Å². The molecule has 0 radical (unpaired) electrons. The van der Waals surface area contributed by atoms with Gasteiger partial charge in [0.25, 0.3) is 0 Å². The number of aliphatic hydroxyl groups is 1. The quantitative estimate of drug-likeness (QED) is 0.811. The van der Waals surface area contributed by atoms with Gasteiger partial charge in [-0.3, -0.25) is 4.98 Å². The van der Waals surface area contributed by atoms with Gasteiger partial charge in [0.05, 0.1) is 5.52 Å². The molecule has 0 fully saturated rings. The topological polar surface area (TPSA) is 70.4 Å². The normalized spacial score (nSPS) is 12.6. The highest BCUT2D eigenvalue weighted by Crippen LogP contribution is 2.14. The van der Waals surface area contributed by atoms with Crippen LogP contribution in [0.5, 0.6) is 0 Å². The van der Waals surface area contributed by atoms with Crippen molar-refractivity contribution in [1.82, 2.24) is 4.98 Å². The van der Waals surface area contributed by atoms with Gasteiger partial charge < -0.3 is 10.2 Å². The Bertz CT molecular complexity index is 524. The Hall–Kier alpha value is -1.94. The van der Waals surface area contributed by atoms with Crippen LogP contribution in [0.2, 0.25) is 0 Å². The summed E-state index contributed by atoms with van der Waals surface area (Å²) >= 11 is 0. The van der Waals surface area contributed by atoms with Crippen LogP contribution in [0.1, 0.15) is 5.56 Å². The van der Waals surface area contributed by atoms with E-state index in [1.807, 2.05) is 18.2 Å². The Labute approximate surface area is 92.2 Å². The van der Waals surface area contributed by atoms with Crippen LogP contribution in [0.4, 0.5) is 0 Å². The summed E-state index contributed by atoms with van der Waals surface area (Å²) in [5, 5.41) is 18.8. The average Bonchev–Trinajstić information content (AvgIpc) is 2.28. The number of hydrogen-bond acceptors (Lipinski definition) is 3. The van der Waals surface area contributed by atoms with Crippen LogP contribution >= 0.6 is 0 Å². The summed E-state index contributed by atoms with van der Waals surface area (Å²) in [5.74, 6) is -1.21. The molecule has 82 valence electrons. The minimum Gasteiger partial charge on any atom is -0.479 e. The van der Waals surface area contributed by atoms with Gasteiger partial charge in [-0.25, -0.2) is 4.79 Å². The molecule has 1 atom stereocenters. The number of carbonyl (C=O) groups is 1. The van der Waals surface area contributed by atoms with Gasteiger partial charge in [0.2, 0.25) is 0 Å². The van der Waals surface area contributed by atoms with Gasteiger partial charge in [-0.1, -0.05) is 18.2 Å². The molecule has 0 spiro atoms. The van der Waals surface area contributed by atoms with Crippen LogP contribution < -0.4 is 0 Å². The van der Waals surface area contributed by atoms with Crippen molar-refractivity contribution < 1.29 is 15.0 Å². The molecule has 0 bridgehead atoms. The van der Waals surface area contributed by atoms with Crippen LogP contribution in [0.3, 0.4) is 0 Å². The third-order valence-corrected chi connectivity index (χ3v) is 2.38. The van der Waals surface area contributed by atoms with Crippen molar-refractivity contribution in [3.05, 3.63) is 42.1 Å². The molecule has 16 heavy (non-hydrogen) atoms. The molecule has 0 saturated heterocycles. The maximum atomic E-state index is 10.5. The lowest BCUT2D eigenvalue weighted by atomic mass is 10.1. The summed E-state index contributed by atoms with van der Waals surface area (Å²) in [6, 6.07) is 9.23. The van der Waals surface area contributed by atoms with Crippen LogP contribution in [-0.4, -0.2) is 27.3 Å². The van der Waals surface area contributed by atoms with Gasteiger partial charge in [0, 0.05) is 18.0 Å². The molecule has 0 aliphatic rings. The first-order chi connectivity index (χ1) is 7.66. The van der Waals surface area contributed by atoms with E-state index in [4.69, 9.17) is 5.11 Å². The van der Waals surface area contributed by atoms with E-state index >= 15 is 0 Å². The van der Waals surface area contributed by atoms with E-state index in [9.17, 15) is 9.90 Å². The lowest BCUT2D eigenvalue weighted by Gasteiger charge is -2.06. The molecule has 1 unspecified atom stereocenters. The van der Waals surface area contributed by atoms with Crippen LogP contribution in [0, 0.1) is 0 Å². The number of aromatic nitrogens is 1. The predicted octanol–water partition coefficient (Wildman–Crippen LogP) is 1.22. The fourth-order valence-corrected chi connectivity index (χ4v) is 1.55. The lowest BCUT2D eigenvalue weighted by molar-refractivity contribution is -0.146. The number of aliphatic carboxylic acids is 1. The average molecular weight is 217 g/mol. The van der Waals surface area contributed by atoms with E-state index in [1.165, 1.54) is 0 Å². The molecule has 4 heteroatoms. The van der Waals surface area contributed by atoms with Gasteiger partial charge in [-0.2, -0.15) is 0 Å². The van der Waals surface area contributed by atoms with Crippen molar-refractivity contribution in [2.75, 3.05) is 0 Å². The largest absolute Gasteiger partial charge is 0.479 e. The molecule has 1 heterocycles. The van der Waals surface area contributed by atoms with E-state index in [2.05, 4.69) is 4.98 Å². The van der Waals surface area contributed by atoms with Gasteiger partial charge in [-0.05, 0) is 17.7 Å². The van der Waals surface area contributed by atoms with Crippen LogP contribution in [0.15, 0.2) is 36.5 Å². The molecule has 0 aliphatic carbocycles. The van der Waals surface area contributed by atoms with E-state index in [-0.39, 0.29) is 6.42 Å². The zero-order valence-corrected chi connectivity index (χ0v) is 8.50. The Kier molecular flexibility index (Phi) is 2.83. The zero-order chi connectivity index (χ0) is 11.5. The lowest BCUT2D eigenvalue weighted by Crippen LogP contribution is -2.21. The van der Waals surface area contributed by atoms with Crippen molar-refractivity contribution in [2.24, 2.45) is 0 Å². The number of carboxylic acids is 1. The fourth-order valence-electron chi connectivity index (χ4n) is 1.55. The zero-order valence-electron chi connectivity index (χ0n) is 8.50. The van der Waals surface area contributed by atoms with E-state index in [0.717, 1.165) is 16.5 Å². The number of nitrogens with zero attached hydrogens (tertiary/aromatic N) is 1. The highest BCUT2D eigenvalue weighted by Gasteiger charge is 2.13. The Balaban J connectivity index is 2.29. The van der Waals surface area contributed by atoms with Gasteiger partial charge >= 0.3 is 5.97 Å². The number of fused-ring (bicyclic) bond motifs is 1. The van der Waals surface area contributed by atoms with E-state index in [0.29, 0.717) is 0 Å². The second-order valence-electron chi connectivity index (χ2n) is 3.59. The molecule has 1 aromatic carbocycles. The second-order valence-corrected chi connectivity index (χ2v) is 3.59. The number of hydrogen-bond donors (Lipinski definition) is 2. The SMILES string of the molecule is O=C(O)C(O)Cc1ccc2cccnc2c1. The van der Waals surface area contributed by atoms with Crippen LogP contribution in [-0.2, 0) is 11.2 Å². The minimum atomic E-state index is -1.36. The molecule has 1 aromatic heterocycles. The highest BCUT2D eigenvalue weighted by atomic mass is 16.4. The summed E-state index contributed by atoms with van der Waals surface area (Å²) in [5.41, 5.74) is 1.57. The summed E-state index contributed by atoms with van der Waals surface area (Å²) in [6.45, 7) is 0. The van der Waals surface area contributed by atoms with Crippen molar-refractivity contribution in [2.45, 2.75) is 12.5 Å². The summed E-state index contributed by atoms with van der Waals surface area (Å²) in [6.07, 6.45) is 0.419. The number of carboxylic acid groups (broad SMARTS) is 1. The van der Waals surface area contributed by atoms with Gasteiger partial charge in [0.15, 0.2) is 6.10 Å². The number of aliphatic hydroxyl groups excluding tert-OH is 1. The number of benzene rings is 1. The Morgan fingerprint density at radius 2 is 2.19 bits per heavy atom. The monoisotopic (exact) mass is 217 g/mol. The molecular weight excluding hydrogens is 206 g/mol. The molecule has 2 aromatic rings. The third-order valence-electron chi connectivity index (χ3n) is 2.38. The standard InChI is InChI=1S/C12H11NO3/c14-11(12(15)16)7-8-3-4-9-2-1-5-13-10(9)6-8/h1-6,11,14H,7H2,(H,15,16). The Morgan fingerprint density at radius 1 is 1.38 bits per heavy atom. The molecule has 2 N–H and O–H groups in total. The summed E-state index contributed by atoms with van der Waals surface area (Å²) < 4.78 is 0. The smallest absolute Gasteiger partial charge is 0.332 e. The molecule has 2 rings (SSSR count). The maximum Gasteiger partial charge on any atom is 0.332 e. The molecular formula is C12H11NO3. The maximum absolute atomic E-state index is 10.5. The first kappa shape index (κ1) is 10.6. The Morgan fingerprint density at radius 3 is 2.94 bits per heavy atom. The fraction of sp³-hybridized carbons (Fsp3) is 0.167. The van der Waals surface area contributed by atoms with Gasteiger partial charge in [0.1, 0.15) is 0 Å². The van der Waals surface area contributed by atoms with Crippen molar-refractivity contribution in [1.29, 1.82) is 0 Å². The first-order valence-corrected chi connectivity index (χ1v) is 4.91.